The molecule has 0 saturated heterocycles. The Morgan fingerprint density at radius 3 is 1.56 bits per heavy atom. The van der Waals surface area contributed by atoms with E-state index in [0.29, 0.717) is 11.1 Å². The van der Waals surface area contributed by atoms with Gasteiger partial charge in [0, 0.05) is 0 Å². The lowest BCUT2D eigenvalue weighted by molar-refractivity contribution is -0.121. The minimum absolute atomic E-state index is 0.367. The molecule has 0 heterocycles. The molecule has 0 spiro atoms. The first kappa shape index (κ1) is 18.1. The summed E-state index contributed by atoms with van der Waals surface area (Å²) >= 11 is 0. The van der Waals surface area contributed by atoms with Crippen LogP contribution in [0, 0.1) is 11.6 Å². The van der Waals surface area contributed by atoms with Crippen LogP contribution in [0.15, 0.2) is 48.6 Å². The predicted molar refractivity (Wildman–Crippen MR) is 88.8 cm³/mol. The van der Waals surface area contributed by atoms with Gasteiger partial charge in [-0.1, -0.05) is 24.3 Å². The number of hydrogen-bond acceptors (Lipinski definition) is 4. The number of halogens is 2. The fourth-order valence-corrected chi connectivity index (χ4v) is 1.92. The highest BCUT2D eigenvalue weighted by atomic mass is 19.1. The van der Waals surface area contributed by atoms with Gasteiger partial charge in [0.05, 0.1) is 6.42 Å². The van der Waals surface area contributed by atoms with Crippen LogP contribution in [0.3, 0.4) is 0 Å². The van der Waals surface area contributed by atoms with Gasteiger partial charge in [-0.25, -0.2) is 8.78 Å². The normalized spacial score (nSPS) is 11.3. The number of aromatic hydroxyl groups is 2. The molecule has 0 radical (unpaired) electrons. The van der Waals surface area contributed by atoms with Gasteiger partial charge in [-0.05, 0) is 47.5 Å². The summed E-state index contributed by atoms with van der Waals surface area (Å²) in [6, 6.07) is 7.27. The average Bonchev–Trinajstić information content (AvgIpc) is 2.57. The van der Waals surface area contributed by atoms with Gasteiger partial charge < -0.3 is 10.2 Å². The molecular formula is C19H14F2O4. The molecule has 2 aromatic rings. The van der Waals surface area contributed by atoms with Crippen LogP contribution in [0.4, 0.5) is 8.78 Å². The molecule has 0 atom stereocenters. The van der Waals surface area contributed by atoms with E-state index in [1.165, 1.54) is 24.3 Å². The van der Waals surface area contributed by atoms with Crippen molar-refractivity contribution < 1.29 is 28.6 Å². The van der Waals surface area contributed by atoms with Crippen LogP contribution in [0.1, 0.15) is 17.5 Å². The van der Waals surface area contributed by atoms with Crippen molar-refractivity contribution in [3.63, 3.8) is 0 Å². The highest BCUT2D eigenvalue weighted by Gasteiger charge is 2.05. The average molecular weight is 344 g/mol. The molecule has 25 heavy (non-hydrogen) atoms. The van der Waals surface area contributed by atoms with Crippen LogP contribution in [0.5, 0.6) is 11.5 Å². The number of allylic oxidation sites excluding steroid dienone is 2. The SMILES string of the molecule is O=C(/C=C/c1ccc(O)c(F)c1)CC(=O)/C=C/c1ccc(O)c(F)c1. The van der Waals surface area contributed by atoms with Gasteiger partial charge >= 0.3 is 0 Å². The summed E-state index contributed by atoms with van der Waals surface area (Å²) in [5.41, 5.74) is 0.734. The van der Waals surface area contributed by atoms with E-state index in [2.05, 4.69) is 0 Å². The zero-order valence-electron chi connectivity index (χ0n) is 12.9. The largest absolute Gasteiger partial charge is 0.505 e. The molecule has 0 unspecified atom stereocenters. The lowest BCUT2D eigenvalue weighted by Crippen LogP contribution is -2.01. The monoisotopic (exact) mass is 344 g/mol. The highest BCUT2D eigenvalue weighted by Crippen LogP contribution is 2.18. The van der Waals surface area contributed by atoms with Gasteiger partial charge in [0.2, 0.25) is 0 Å². The van der Waals surface area contributed by atoms with Crippen molar-refractivity contribution in [1.82, 2.24) is 0 Å². The molecule has 2 aromatic carbocycles. The highest BCUT2D eigenvalue weighted by molar-refractivity contribution is 6.10. The van der Waals surface area contributed by atoms with E-state index in [1.54, 1.807) is 0 Å². The number of phenolic OH excluding ortho intramolecular Hbond substituents is 2. The van der Waals surface area contributed by atoms with Gasteiger partial charge in [0.1, 0.15) is 0 Å². The summed E-state index contributed by atoms with van der Waals surface area (Å²) in [7, 11) is 0. The van der Waals surface area contributed by atoms with Crippen molar-refractivity contribution in [3.8, 4) is 11.5 Å². The lowest BCUT2D eigenvalue weighted by Gasteiger charge is -1.97. The maximum Gasteiger partial charge on any atom is 0.165 e. The van der Waals surface area contributed by atoms with E-state index in [9.17, 15) is 18.4 Å². The Bertz CT molecular complexity index is 798. The number of hydrogen-bond donors (Lipinski definition) is 2. The summed E-state index contributed by atoms with van der Waals surface area (Å²) in [4.78, 5) is 23.4. The molecule has 0 amide bonds. The van der Waals surface area contributed by atoms with Crippen LogP contribution >= 0.6 is 0 Å². The fraction of sp³-hybridized carbons (Fsp3) is 0.0526. The number of carbonyl (C=O) groups is 2. The fourth-order valence-electron chi connectivity index (χ4n) is 1.92. The second-order valence-electron chi connectivity index (χ2n) is 5.20. The van der Waals surface area contributed by atoms with Crippen LogP contribution in [0.25, 0.3) is 12.2 Å². The first-order chi connectivity index (χ1) is 11.8. The maximum atomic E-state index is 13.2. The number of carbonyl (C=O) groups excluding carboxylic acids is 2. The molecule has 0 fully saturated rings. The number of phenols is 2. The van der Waals surface area contributed by atoms with Crippen LogP contribution in [0.2, 0.25) is 0 Å². The van der Waals surface area contributed by atoms with Crippen LogP contribution in [-0.4, -0.2) is 21.8 Å². The summed E-state index contributed by atoms with van der Waals surface area (Å²) < 4.78 is 26.3. The van der Waals surface area contributed by atoms with Crippen molar-refractivity contribution >= 4 is 23.7 Å². The van der Waals surface area contributed by atoms with Gasteiger partial charge in [0.25, 0.3) is 0 Å². The third-order valence-corrected chi connectivity index (χ3v) is 3.22. The Morgan fingerprint density at radius 2 is 1.20 bits per heavy atom. The molecule has 128 valence electrons. The Balaban J connectivity index is 1.94. The smallest absolute Gasteiger partial charge is 0.165 e. The predicted octanol–water partition coefficient (Wildman–Crippen LogP) is 3.63. The van der Waals surface area contributed by atoms with Crippen LogP contribution in [-0.2, 0) is 9.59 Å². The van der Waals surface area contributed by atoms with E-state index < -0.39 is 41.1 Å². The van der Waals surface area contributed by atoms with Gasteiger partial charge in [-0.2, -0.15) is 0 Å². The Hall–Kier alpha value is -3.28. The quantitative estimate of drug-likeness (QED) is 0.620. The number of benzene rings is 2. The van der Waals surface area contributed by atoms with E-state index in [-0.39, 0.29) is 0 Å². The first-order valence-electron chi connectivity index (χ1n) is 7.24. The van der Waals surface area contributed by atoms with Gasteiger partial charge in [-0.3, -0.25) is 9.59 Å². The zero-order chi connectivity index (χ0) is 18.4. The molecule has 0 aliphatic heterocycles. The number of ketones is 2. The molecule has 0 aromatic heterocycles. The Morgan fingerprint density at radius 1 is 0.800 bits per heavy atom. The van der Waals surface area contributed by atoms with E-state index >= 15 is 0 Å². The molecular weight excluding hydrogens is 330 g/mol. The van der Waals surface area contributed by atoms with Crippen LogP contribution < -0.4 is 0 Å². The third-order valence-electron chi connectivity index (χ3n) is 3.22. The summed E-state index contributed by atoms with van der Waals surface area (Å²) in [6.45, 7) is 0. The molecule has 0 aliphatic carbocycles. The van der Waals surface area contributed by atoms with Gasteiger partial charge in [0.15, 0.2) is 34.7 Å². The van der Waals surface area contributed by atoms with E-state index in [0.717, 1.165) is 36.4 Å². The zero-order valence-corrected chi connectivity index (χ0v) is 12.9. The summed E-state index contributed by atoms with van der Waals surface area (Å²) in [5, 5.41) is 18.1. The van der Waals surface area contributed by atoms with Crippen molar-refractivity contribution in [2.45, 2.75) is 6.42 Å². The van der Waals surface area contributed by atoms with Crippen molar-refractivity contribution in [2.75, 3.05) is 0 Å². The standard InChI is InChI=1S/C19H14F2O4/c20-16-9-12(3-7-18(16)24)1-5-14(22)11-15(23)6-2-13-4-8-19(25)17(21)10-13/h1-10,24-25H,11H2/b5-1+,6-2+. The number of rotatable bonds is 6. The molecule has 0 aliphatic rings. The minimum atomic E-state index is -0.810. The maximum absolute atomic E-state index is 13.2. The molecule has 4 nitrogen and oxygen atoms in total. The Kier molecular flexibility index (Phi) is 5.79. The van der Waals surface area contributed by atoms with E-state index in [1.807, 2.05) is 0 Å². The molecule has 2 rings (SSSR count). The molecule has 2 N–H and O–H groups in total. The molecule has 0 saturated carbocycles. The Labute approximate surface area is 142 Å². The summed E-state index contributed by atoms with van der Waals surface area (Å²) in [5.74, 6) is -3.58. The first-order valence-corrected chi connectivity index (χ1v) is 7.24. The molecule has 0 bridgehead atoms. The minimum Gasteiger partial charge on any atom is -0.505 e. The molecule has 6 heteroatoms. The van der Waals surface area contributed by atoms with Crippen molar-refractivity contribution in [1.29, 1.82) is 0 Å². The topological polar surface area (TPSA) is 74.6 Å². The second kappa shape index (κ2) is 8.01. The second-order valence-corrected chi connectivity index (χ2v) is 5.20. The van der Waals surface area contributed by atoms with Gasteiger partial charge in [-0.15, -0.1) is 0 Å². The van der Waals surface area contributed by atoms with Crippen molar-refractivity contribution in [3.05, 3.63) is 71.3 Å². The third kappa shape index (κ3) is 5.39. The van der Waals surface area contributed by atoms with Crippen molar-refractivity contribution in [2.24, 2.45) is 0 Å². The summed E-state index contributed by atoms with van der Waals surface area (Å²) in [6.07, 6.45) is 4.54. The van der Waals surface area contributed by atoms with E-state index in [4.69, 9.17) is 10.2 Å². The lowest BCUT2D eigenvalue weighted by atomic mass is 10.1.